The van der Waals surface area contributed by atoms with Crippen LogP contribution in [0.2, 0.25) is 0 Å². The van der Waals surface area contributed by atoms with E-state index < -0.39 is 23.4 Å². The molecule has 2 fully saturated rings. The van der Waals surface area contributed by atoms with Crippen LogP contribution in [0.1, 0.15) is 18.2 Å². The SMILES string of the molecule is COc1cccc(C2(C)NC(=O)N(NC(=O)CN3CCN(Cc4ccccn4)CC3)C2=O)c1. The maximum atomic E-state index is 13.0. The van der Waals surface area contributed by atoms with Crippen molar-refractivity contribution < 1.29 is 19.1 Å². The van der Waals surface area contributed by atoms with Gasteiger partial charge in [0.05, 0.1) is 19.3 Å². The smallest absolute Gasteiger partial charge is 0.344 e. The maximum Gasteiger partial charge on any atom is 0.344 e. The van der Waals surface area contributed by atoms with E-state index in [-0.39, 0.29) is 6.54 Å². The molecule has 1 aromatic heterocycles. The van der Waals surface area contributed by atoms with Crippen LogP contribution in [-0.4, -0.2) is 77.5 Å². The van der Waals surface area contributed by atoms with E-state index in [1.54, 1.807) is 37.4 Å². The topological polar surface area (TPSA) is 107 Å². The average Bonchev–Trinajstić information content (AvgIpc) is 3.05. The number of imide groups is 1. The standard InChI is InChI=1S/C23H28N6O4/c1-23(17-6-5-8-19(14-17)33-2)21(31)29(22(32)25-23)26-20(30)16-28-12-10-27(11-13-28)15-18-7-3-4-9-24-18/h3-9,14H,10-13,15-16H2,1-2H3,(H,25,32)(H,26,30). The molecule has 1 aromatic carbocycles. The van der Waals surface area contributed by atoms with Crippen LogP contribution in [0.25, 0.3) is 0 Å². The largest absolute Gasteiger partial charge is 0.497 e. The number of rotatable bonds is 7. The van der Waals surface area contributed by atoms with Gasteiger partial charge < -0.3 is 10.1 Å². The third kappa shape index (κ3) is 4.96. The summed E-state index contributed by atoms with van der Waals surface area (Å²) in [5.74, 6) is -0.388. The van der Waals surface area contributed by atoms with E-state index in [4.69, 9.17) is 4.74 Å². The number of urea groups is 1. The molecule has 0 spiro atoms. The molecule has 0 radical (unpaired) electrons. The zero-order chi connectivity index (χ0) is 23.4. The molecule has 1 unspecified atom stereocenters. The van der Waals surface area contributed by atoms with Gasteiger partial charge in [-0.3, -0.25) is 29.8 Å². The zero-order valence-corrected chi connectivity index (χ0v) is 18.8. The monoisotopic (exact) mass is 452 g/mol. The van der Waals surface area contributed by atoms with Crippen molar-refractivity contribution in [1.29, 1.82) is 0 Å². The van der Waals surface area contributed by atoms with Crippen molar-refractivity contribution in [2.75, 3.05) is 39.8 Å². The van der Waals surface area contributed by atoms with E-state index in [1.165, 1.54) is 7.11 Å². The van der Waals surface area contributed by atoms with Crippen LogP contribution in [0.4, 0.5) is 4.79 Å². The molecule has 3 heterocycles. The molecular weight excluding hydrogens is 424 g/mol. The molecule has 2 saturated heterocycles. The fourth-order valence-corrected chi connectivity index (χ4v) is 4.06. The van der Waals surface area contributed by atoms with Crippen LogP contribution in [0, 0.1) is 0 Å². The highest BCUT2D eigenvalue weighted by Gasteiger charge is 2.50. The number of hydrogen-bond acceptors (Lipinski definition) is 7. The number of piperazine rings is 1. The lowest BCUT2D eigenvalue weighted by molar-refractivity contribution is -0.139. The van der Waals surface area contributed by atoms with Gasteiger partial charge in [0.1, 0.15) is 11.3 Å². The van der Waals surface area contributed by atoms with Gasteiger partial charge in [0.25, 0.3) is 11.8 Å². The molecule has 4 rings (SSSR count). The van der Waals surface area contributed by atoms with E-state index in [1.807, 2.05) is 23.1 Å². The number of carbonyl (C=O) groups is 3. The highest BCUT2D eigenvalue weighted by molar-refractivity contribution is 6.08. The second-order valence-electron chi connectivity index (χ2n) is 8.34. The summed E-state index contributed by atoms with van der Waals surface area (Å²) in [6, 6.07) is 12.1. The maximum absolute atomic E-state index is 13.0. The Morgan fingerprint density at radius 2 is 1.88 bits per heavy atom. The third-order valence-corrected chi connectivity index (χ3v) is 6.02. The molecular formula is C23H28N6O4. The first-order valence-electron chi connectivity index (χ1n) is 10.8. The number of benzene rings is 1. The summed E-state index contributed by atoms with van der Waals surface area (Å²) in [6.07, 6.45) is 1.78. The van der Waals surface area contributed by atoms with Gasteiger partial charge in [0, 0.05) is 38.9 Å². The van der Waals surface area contributed by atoms with Gasteiger partial charge in [-0.2, -0.15) is 5.01 Å². The van der Waals surface area contributed by atoms with Crippen molar-refractivity contribution in [2.45, 2.75) is 19.0 Å². The summed E-state index contributed by atoms with van der Waals surface area (Å²) in [6.45, 7) is 5.51. The van der Waals surface area contributed by atoms with Crippen LogP contribution in [-0.2, 0) is 21.7 Å². The first-order chi connectivity index (χ1) is 15.9. The van der Waals surface area contributed by atoms with Crippen molar-refractivity contribution in [2.24, 2.45) is 0 Å². The van der Waals surface area contributed by atoms with Gasteiger partial charge in [-0.05, 0) is 36.8 Å². The molecule has 0 saturated carbocycles. The molecule has 2 aliphatic heterocycles. The minimum absolute atomic E-state index is 0.102. The number of nitrogens with one attached hydrogen (secondary N) is 2. The van der Waals surface area contributed by atoms with E-state index in [9.17, 15) is 14.4 Å². The quantitative estimate of drug-likeness (QED) is 0.596. The van der Waals surface area contributed by atoms with Gasteiger partial charge in [0.2, 0.25) is 0 Å². The highest BCUT2D eigenvalue weighted by Crippen LogP contribution is 2.30. The molecule has 33 heavy (non-hydrogen) atoms. The van der Waals surface area contributed by atoms with Gasteiger partial charge in [-0.25, -0.2) is 4.79 Å². The molecule has 2 aromatic rings. The van der Waals surface area contributed by atoms with Crippen LogP contribution >= 0.6 is 0 Å². The molecule has 174 valence electrons. The van der Waals surface area contributed by atoms with Gasteiger partial charge in [-0.15, -0.1) is 0 Å². The minimum Gasteiger partial charge on any atom is -0.497 e. The van der Waals surface area contributed by atoms with Crippen LogP contribution in [0.5, 0.6) is 5.75 Å². The average molecular weight is 453 g/mol. The number of amides is 4. The van der Waals surface area contributed by atoms with Gasteiger partial charge in [0.15, 0.2) is 0 Å². The Balaban J connectivity index is 1.30. The minimum atomic E-state index is -1.30. The Labute approximate surface area is 192 Å². The lowest BCUT2D eigenvalue weighted by Crippen LogP contribution is -2.53. The summed E-state index contributed by atoms with van der Waals surface area (Å²) >= 11 is 0. The summed E-state index contributed by atoms with van der Waals surface area (Å²) in [5, 5.41) is 3.44. The van der Waals surface area contributed by atoms with E-state index in [0.29, 0.717) is 24.4 Å². The number of pyridine rings is 1. The van der Waals surface area contributed by atoms with Gasteiger partial charge in [-0.1, -0.05) is 18.2 Å². The molecule has 10 nitrogen and oxygen atoms in total. The van der Waals surface area contributed by atoms with Crippen LogP contribution in [0.3, 0.4) is 0 Å². The fourth-order valence-electron chi connectivity index (χ4n) is 4.06. The van der Waals surface area contributed by atoms with E-state index >= 15 is 0 Å². The zero-order valence-electron chi connectivity index (χ0n) is 18.8. The lowest BCUT2D eigenvalue weighted by atomic mass is 9.92. The van der Waals surface area contributed by atoms with Crippen molar-refractivity contribution in [1.82, 2.24) is 30.5 Å². The second-order valence-corrected chi connectivity index (χ2v) is 8.34. The van der Waals surface area contributed by atoms with Crippen molar-refractivity contribution in [3.63, 3.8) is 0 Å². The Hall–Kier alpha value is -3.50. The van der Waals surface area contributed by atoms with Gasteiger partial charge >= 0.3 is 6.03 Å². The summed E-state index contributed by atoms with van der Waals surface area (Å²) in [5.41, 5.74) is 2.76. The molecule has 10 heteroatoms. The predicted octanol–water partition coefficient (Wildman–Crippen LogP) is 0.706. The number of methoxy groups -OCH3 is 1. The molecule has 1 atom stereocenters. The van der Waals surface area contributed by atoms with Crippen LogP contribution in [0.15, 0.2) is 48.7 Å². The molecule has 2 aliphatic rings. The molecule has 4 amide bonds. The first kappa shape index (κ1) is 22.7. The lowest BCUT2D eigenvalue weighted by Gasteiger charge is -2.34. The number of aromatic nitrogens is 1. The first-order valence-corrected chi connectivity index (χ1v) is 10.8. The highest BCUT2D eigenvalue weighted by atomic mass is 16.5. The van der Waals surface area contributed by atoms with E-state index in [2.05, 4.69) is 20.6 Å². The van der Waals surface area contributed by atoms with Crippen LogP contribution < -0.4 is 15.5 Å². The summed E-state index contributed by atoms with van der Waals surface area (Å²) in [4.78, 5) is 46.8. The number of hydrazine groups is 1. The number of nitrogens with zero attached hydrogens (tertiary/aromatic N) is 4. The van der Waals surface area contributed by atoms with E-state index in [0.717, 1.165) is 30.3 Å². The Kier molecular flexibility index (Phi) is 6.57. The molecule has 2 N–H and O–H groups in total. The Morgan fingerprint density at radius 1 is 1.12 bits per heavy atom. The van der Waals surface area contributed by atoms with Crippen molar-refractivity contribution in [3.05, 3.63) is 59.9 Å². The van der Waals surface area contributed by atoms with Crippen molar-refractivity contribution in [3.8, 4) is 5.75 Å². The predicted molar refractivity (Wildman–Crippen MR) is 120 cm³/mol. The number of carbonyl (C=O) groups excluding carboxylic acids is 3. The number of hydrogen-bond donors (Lipinski definition) is 2. The molecule has 0 bridgehead atoms. The molecule has 0 aliphatic carbocycles. The Bertz CT molecular complexity index is 1020. The van der Waals surface area contributed by atoms with Crippen molar-refractivity contribution >= 4 is 17.8 Å². The summed E-state index contributed by atoms with van der Waals surface area (Å²) in [7, 11) is 1.53. The second kappa shape index (κ2) is 9.55. The normalized spacial score (nSPS) is 21.7. The fraction of sp³-hybridized carbons (Fsp3) is 0.391. The summed E-state index contributed by atoms with van der Waals surface area (Å²) < 4.78 is 5.22. The third-order valence-electron chi connectivity index (χ3n) is 6.02. The number of ether oxygens (including phenoxy) is 1. The Morgan fingerprint density at radius 3 is 2.58 bits per heavy atom.